The van der Waals surface area contributed by atoms with Crippen LogP contribution in [0.15, 0.2) is 207 Å². The van der Waals surface area contributed by atoms with Crippen molar-refractivity contribution in [3.05, 3.63) is 214 Å². The third-order valence-corrected chi connectivity index (χ3v) is 13.3. The van der Waals surface area contributed by atoms with Crippen molar-refractivity contribution in [3.63, 3.8) is 0 Å². The second-order valence-corrected chi connectivity index (χ2v) is 20.1. The minimum atomic E-state index is -3.91. The van der Waals surface area contributed by atoms with E-state index in [1.807, 2.05) is 0 Å². The van der Waals surface area contributed by atoms with Crippen molar-refractivity contribution in [1.29, 1.82) is 0 Å². The number of primary sulfonamides is 2. The fraction of sp³-hybridized carbons (Fsp3) is 0. The van der Waals surface area contributed by atoms with Gasteiger partial charge in [0, 0.05) is 43.1 Å². The van der Waals surface area contributed by atoms with Crippen LogP contribution in [0.4, 0.5) is 11.4 Å². The molecule has 0 saturated carbocycles. The van der Waals surface area contributed by atoms with Crippen molar-refractivity contribution in [2.75, 3.05) is 10.6 Å². The molecule has 22 heteroatoms. The number of amides is 2. The van der Waals surface area contributed by atoms with Gasteiger partial charge in [-0.1, -0.05) is 123 Å². The standard InChI is InChI=1S/C26H21BrN4O5S.C26H21ClN4O5S/c2*27-18-10-13-23(36-20-5-3-4-17(14-20)25(28)31-33)22(15-18)26(32)30-19-11-8-16(9-12-19)21-6-1-2-7-24(21)37(29,34)35/h2*1-15,33H,(H2,28,31)(H,30,32)(H2,29,34,35). The Kier molecular flexibility index (Phi) is 16.8. The number of rotatable bonds is 14. The molecule has 0 bridgehead atoms. The van der Waals surface area contributed by atoms with Gasteiger partial charge < -0.3 is 42.0 Å². The normalized spacial score (nSPS) is 11.7. The quantitative estimate of drug-likeness (QED) is 0.0218. The molecule has 8 aromatic carbocycles. The number of nitrogens with two attached hydrogens (primary N) is 4. The van der Waals surface area contributed by atoms with Gasteiger partial charge in [-0.15, -0.1) is 0 Å². The molecule has 0 unspecified atom stereocenters. The van der Waals surface area contributed by atoms with Crippen molar-refractivity contribution in [1.82, 2.24) is 0 Å². The van der Waals surface area contributed by atoms with Gasteiger partial charge in [-0.05, 0) is 108 Å². The molecule has 8 aromatic rings. The molecule has 18 nitrogen and oxygen atoms in total. The zero-order valence-electron chi connectivity index (χ0n) is 38.3. The van der Waals surface area contributed by atoms with Crippen molar-refractivity contribution in [2.24, 2.45) is 32.1 Å². The van der Waals surface area contributed by atoms with Crippen LogP contribution < -0.4 is 41.9 Å². The molecule has 0 aliphatic carbocycles. The van der Waals surface area contributed by atoms with Gasteiger partial charge in [0.25, 0.3) is 11.8 Å². The fourth-order valence-electron chi connectivity index (χ4n) is 7.11. The third-order valence-electron chi connectivity index (χ3n) is 10.6. The molecular formula is C52H42BrClN8O10S2. The van der Waals surface area contributed by atoms with E-state index in [0.29, 0.717) is 65.7 Å². The Morgan fingerprint density at radius 3 is 1.34 bits per heavy atom. The molecule has 12 N–H and O–H groups in total. The van der Waals surface area contributed by atoms with E-state index in [0.717, 1.165) is 0 Å². The van der Waals surface area contributed by atoms with Gasteiger partial charge in [-0.25, -0.2) is 27.1 Å². The van der Waals surface area contributed by atoms with Gasteiger partial charge in [0.2, 0.25) is 20.0 Å². The van der Waals surface area contributed by atoms with E-state index in [1.54, 1.807) is 164 Å². The first-order chi connectivity index (χ1) is 35.3. The minimum absolute atomic E-state index is 0.00332. The van der Waals surface area contributed by atoms with Crippen molar-refractivity contribution in [2.45, 2.75) is 9.79 Å². The lowest BCUT2D eigenvalue weighted by Gasteiger charge is -2.13. The maximum absolute atomic E-state index is 13.2. The lowest BCUT2D eigenvalue weighted by Crippen LogP contribution is -2.14. The highest BCUT2D eigenvalue weighted by Gasteiger charge is 2.20. The highest BCUT2D eigenvalue weighted by atomic mass is 79.9. The van der Waals surface area contributed by atoms with Crippen LogP contribution in [0.3, 0.4) is 0 Å². The second kappa shape index (κ2) is 23.3. The molecule has 0 aliphatic heterocycles. The first-order valence-corrected chi connectivity index (χ1v) is 25.8. The van der Waals surface area contributed by atoms with Crippen LogP contribution in [0, 0.1) is 0 Å². The Morgan fingerprint density at radius 2 is 0.919 bits per heavy atom. The number of oxime groups is 2. The lowest BCUT2D eigenvalue weighted by atomic mass is 10.1. The number of hydrogen-bond acceptors (Lipinski definition) is 12. The van der Waals surface area contributed by atoms with E-state index in [2.05, 4.69) is 36.9 Å². The van der Waals surface area contributed by atoms with Gasteiger partial charge >= 0.3 is 0 Å². The predicted molar refractivity (Wildman–Crippen MR) is 286 cm³/mol. The Hall–Kier alpha value is -8.57. The summed E-state index contributed by atoms with van der Waals surface area (Å²) in [6.07, 6.45) is 0. The number of anilines is 2. The van der Waals surface area contributed by atoms with Crippen LogP contribution in [-0.2, 0) is 20.0 Å². The summed E-state index contributed by atoms with van der Waals surface area (Å²) in [5, 5.41) is 40.4. The average molecular weight is 1120 g/mol. The third kappa shape index (κ3) is 13.5. The monoisotopic (exact) mass is 1120 g/mol. The SMILES string of the molecule is NC(=NO)c1cccc(Oc2ccc(Br)cc2C(=O)Nc2ccc(-c3ccccc3S(N)(=O)=O)cc2)c1.NC(=NO)c1cccc(Oc2ccc(Cl)cc2C(=O)Nc2ccc(-c3ccccc3S(N)(=O)=O)cc2)c1. The number of carbonyl (C=O) groups excluding carboxylic acids is 2. The maximum atomic E-state index is 13.2. The van der Waals surface area contributed by atoms with Crippen LogP contribution in [0.1, 0.15) is 31.8 Å². The van der Waals surface area contributed by atoms with Crippen LogP contribution >= 0.6 is 27.5 Å². The van der Waals surface area contributed by atoms with Crippen molar-refractivity contribution in [3.8, 4) is 45.3 Å². The Bertz CT molecular complexity index is 3460. The summed E-state index contributed by atoms with van der Waals surface area (Å²) in [6.45, 7) is 0. The van der Waals surface area contributed by atoms with Crippen LogP contribution in [0.2, 0.25) is 5.02 Å². The van der Waals surface area contributed by atoms with Gasteiger partial charge in [0.1, 0.15) is 23.0 Å². The second-order valence-electron chi connectivity index (χ2n) is 15.7. The van der Waals surface area contributed by atoms with Crippen LogP contribution in [0.25, 0.3) is 22.3 Å². The summed E-state index contributed by atoms with van der Waals surface area (Å²) in [6, 6.07) is 48.8. The smallest absolute Gasteiger partial charge is 0.259 e. The van der Waals surface area contributed by atoms with E-state index in [4.69, 9.17) is 53.2 Å². The number of amidine groups is 2. The van der Waals surface area contributed by atoms with E-state index in [1.165, 1.54) is 18.2 Å². The fourth-order valence-corrected chi connectivity index (χ4v) is 9.17. The van der Waals surface area contributed by atoms with E-state index >= 15 is 0 Å². The van der Waals surface area contributed by atoms with Gasteiger partial charge in [-0.2, -0.15) is 0 Å². The molecule has 0 atom stereocenters. The van der Waals surface area contributed by atoms with Gasteiger partial charge in [0.05, 0.1) is 20.9 Å². The highest BCUT2D eigenvalue weighted by molar-refractivity contribution is 9.10. The summed E-state index contributed by atoms with van der Waals surface area (Å²) in [5.74, 6) is 0.193. The van der Waals surface area contributed by atoms with E-state index < -0.39 is 31.9 Å². The zero-order chi connectivity index (χ0) is 53.2. The number of benzene rings is 8. The lowest BCUT2D eigenvalue weighted by molar-refractivity contribution is 0.101. The molecule has 0 heterocycles. The molecule has 8 rings (SSSR count). The molecule has 2 amide bonds. The summed E-state index contributed by atoms with van der Waals surface area (Å²) in [4.78, 5) is 26.3. The number of carbonyl (C=O) groups is 2. The highest BCUT2D eigenvalue weighted by Crippen LogP contribution is 2.33. The molecule has 376 valence electrons. The Balaban J connectivity index is 0.000000216. The number of ether oxygens (including phenoxy) is 2. The van der Waals surface area contributed by atoms with Crippen LogP contribution in [-0.4, -0.2) is 50.7 Å². The summed E-state index contributed by atoms with van der Waals surface area (Å²) < 4.78 is 60.2. The van der Waals surface area contributed by atoms with E-state index in [-0.39, 0.29) is 44.1 Å². The van der Waals surface area contributed by atoms with Crippen LogP contribution in [0.5, 0.6) is 23.0 Å². The molecular weight excluding hydrogens is 1080 g/mol. The number of nitrogens with one attached hydrogen (secondary N) is 2. The van der Waals surface area contributed by atoms with Gasteiger partial charge in [0.15, 0.2) is 11.7 Å². The Morgan fingerprint density at radius 1 is 0.514 bits per heavy atom. The molecule has 0 radical (unpaired) electrons. The Labute approximate surface area is 437 Å². The first-order valence-electron chi connectivity index (χ1n) is 21.5. The van der Waals surface area contributed by atoms with E-state index in [9.17, 15) is 26.4 Å². The number of sulfonamides is 2. The molecule has 0 aliphatic rings. The summed E-state index contributed by atoms with van der Waals surface area (Å²) in [7, 11) is -7.82. The number of hydrogen-bond donors (Lipinski definition) is 8. The molecule has 0 spiro atoms. The molecule has 0 aromatic heterocycles. The summed E-state index contributed by atoms with van der Waals surface area (Å²) >= 11 is 9.52. The first kappa shape index (κ1) is 53.2. The minimum Gasteiger partial charge on any atom is -0.457 e. The molecule has 0 saturated heterocycles. The average Bonchev–Trinajstić information content (AvgIpc) is 3.39. The van der Waals surface area contributed by atoms with Gasteiger partial charge in [-0.3, -0.25) is 9.59 Å². The summed E-state index contributed by atoms with van der Waals surface area (Å²) in [5.41, 5.74) is 15.7. The topological polar surface area (TPSA) is 314 Å². The van der Waals surface area contributed by atoms with Crippen molar-refractivity contribution < 1.29 is 46.3 Å². The predicted octanol–water partition coefficient (Wildman–Crippen LogP) is 9.70. The maximum Gasteiger partial charge on any atom is 0.259 e. The zero-order valence-corrected chi connectivity index (χ0v) is 42.2. The molecule has 74 heavy (non-hydrogen) atoms. The largest absolute Gasteiger partial charge is 0.457 e. The number of halogens is 2. The van der Waals surface area contributed by atoms with Crippen molar-refractivity contribution >= 4 is 82.4 Å². The number of nitrogens with zero attached hydrogens (tertiary/aromatic N) is 2. The molecule has 0 fully saturated rings.